The molecule has 0 aliphatic heterocycles. The van der Waals surface area contributed by atoms with Crippen molar-refractivity contribution in [3.05, 3.63) is 35.9 Å². The van der Waals surface area contributed by atoms with Gasteiger partial charge in [0, 0.05) is 13.1 Å². The van der Waals surface area contributed by atoms with Gasteiger partial charge >= 0.3 is 5.97 Å². The van der Waals surface area contributed by atoms with Gasteiger partial charge in [0.15, 0.2) is 5.75 Å². The van der Waals surface area contributed by atoms with E-state index in [0.717, 1.165) is 5.56 Å². The zero-order chi connectivity index (χ0) is 15.0. The van der Waals surface area contributed by atoms with Gasteiger partial charge in [-0.1, -0.05) is 30.3 Å². The van der Waals surface area contributed by atoms with Gasteiger partial charge in [-0.3, -0.25) is 4.79 Å². The minimum atomic E-state index is -3.70. The number of hydrogen-bond donors (Lipinski definition) is 1. The zero-order valence-corrected chi connectivity index (χ0v) is 12.3. The van der Waals surface area contributed by atoms with Gasteiger partial charge in [0.2, 0.25) is 10.0 Å². The van der Waals surface area contributed by atoms with E-state index in [1.54, 1.807) is 0 Å². The summed E-state index contributed by atoms with van der Waals surface area (Å²) in [5.74, 6) is -1.42. The average Bonchev–Trinajstić information content (AvgIpc) is 2.43. The monoisotopic (exact) mass is 300 g/mol. The molecule has 0 aliphatic carbocycles. The van der Waals surface area contributed by atoms with Crippen molar-refractivity contribution in [3.8, 4) is 0 Å². The van der Waals surface area contributed by atoms with Crippen molar-refractivity contribution < 1.29 is 17.9 Å². The van der Waals surface area contributed by atoms with E-state index >= 15 is 0 Å². The first-order valence-corrected chi connectivity index (χ1v) is 7.89. The van der Waals surface area contributed by atoms with Crippen molar-refractivity contribution >= 4 is 16.0 Å². The normalized spacial score (nSPS) is 11.6. The molecule has 0 amide bonds. The van der Waals surface area contributed by atoms with Crippen LogP contribution >= 0.6 is 0 Å². The molecule has 6 nitrogen and oxygen atoms in total. The Bertz CT molecular complexity index is 516. The number of esters is 1. The number of nitrogens with two attached hydrogens (primary N) is 1. The molecule has 0 aliphatic rings. The summed E-state index contributed by atoms with van der Waals surface area (Å²) in [6, 6.07) is 9.20. The summed E-state index contributed by atoms with van der Waals surface area (Å²) in [7, 11) is -2.53. The molecule has 2 N–H and O–H groups in total. The van der Waals surface area contributed by atoms with Crippen LogP contribution in [0.1, 0.15) is 12.0 Å². The highest BCUT2D eigenvalue weighted by Gasteiger charge is 2.25. The van der Waals surface area contributed by atoms with Crippen LogP contribution in [-0.2, 0) is 26.1 Å². The second-order valence-electron chi connectivity index (χ2n) is 4.29. The van der Waals surface area contributed by atoms with Gasteiger partial charge in [-0.05, 0) is 18.5 Å². The smallest absolute Gasteiger partial charge is 0.322 e. The molecule has 0 atom stereocenters. The third-order valence-electron chi connectivity index (χ3n) is 2.73. The number of methoxy groups -OCH3 is 1. The molecule has 0 bridgehead atoms. The Morgan fingerprint density at radius 3 is 2.50 bits per heavy atom. The minimum Gasteiger partial charge on any atom is -0.468 e. The van der Waals surface area contributed by atoms with Crippen LogP contribution in [0.4, 0.5) is 0 Å². The van der Waals surface area contributed by atoms with E-state index in [1.807, 2.05) is 30.3 Å². The van der Waals surface area contributed by atoms with Crippen molar-refractivity contribution in [2.75, 3.05) is 26.0 Å². The molecule has 0 unspecified atom stereocenters. The second kappa shape index (κ2) is 7.98. The van der Waals surface area contributed by atoms with Crippen LogP contribution in [0.25, 0.3) is 0 Å². The van der Waals surface area contributed by atoms with E-state index in [4.69, 9.17) is 5.73 Å². The lowest BCUT2D eigenvalue weighted by Gasteiger charge is -2.21. The summed E-state index contributed by atoms with van der Waals surface area (Å²) in [5.41, 5.74) is 6.29. The fraction of sp³-hybridized carbons (Fsp3) is 0.462. The van der Waals surface area contributed by atoms with Crippen LogP contribution in [0.5, 0.6) is 0 Å². The van der Waals surface area contributed by atoms with Gasteiger partial charge in [-0.25, -0.2) is 8.42 Å². The molecule has 0 aromatic heterocycles. The Kier molecular flexibility index (Phi) is 6.63. The van der Waals surface area contributed by atoms with E-state index < -0.39 is 21.7 Å². The Morgan fingerprint density at radius 1 is 1.30 bits per heavy atom. The molecule has 0 saturated carbocycles. The molecule has 0 saturated heterocycles. The number of nitrogens with zero attached hydrogens (tertiary/aromatic N) is 1. The first kappa shape index (κ1) is 16.6. The summed E-state index contributed by atoms with van der Waals surface area (Å²) in [4.78, 5) is 11.2. The lowest BCUT2D eigenvalue weighted by Crippen LogP contribution is -2.36. The molecule has 112 valence electrons. The number of benzene rings is 1. The van der Waals surface area contributed by atoms with E-state index in [-0.39, 0.29) is 13.1 Å². The number of carbonyl (C=O) groups excluding carboxylic acids is 1. The molecule has 7 heteroatoms. The lowest BCUT2D eigenvalue weighted by molar-refractivity contribution is -0.137. The van der Waals surface area contributed by atoms with Crippen molar-refractivity contribution in [2.24, 2.45) is 5.73 Å². The second-order valence-corrected chi connectivity index (χ2v) is 6.26. The number of carbonyl (C=O) groups is 1. The van der Waals surface area contributed by atoms with Crippen molar-refractivity contribution in [3.63, 3.8) is 0 Å². The van der Waals surface area contributed by atoms with Crippen molar-refractivity contribution in [2.45, 2.75) is 13.0 Å². The molecule has 0 heterocycles. The third kappa shape index (κ3) is 5.28. The Hall–Kier alpha value is -1.44. The SMILES string of the molecule is COC(=O)CS(=O)(=O)N(CCCN)Cc1ccccc1. The highest BCUT2D eigenvalue weighted by molar-refractivity contribution is 7.89. The van der Waals surface area contributed by atoms with Gasteiger partial charge in [-0.2, -0.15) is 4.31 Å². The summed E-state index contributed by atoms with van der Waals surface area (Å²) in [5, 5.41) is 0. The van der Waals surface area contributed by atoms with Crippen LogP contribution in [0.3, 0.4) is 0 Å². The van der Waals surface area contributed by atoms with Gasteiger partial charge in [0.25, 0.3) is 0 Å². The fourth-order valence-corrected chi connectivity index (χ4v) is 3.02. The van der Waals surface area contributed by atoms with Crippen LogP contribution in [-0.4, -0.2) is 44.6 Å². The largest absolute Gasteiger partial charge is 0.468 e. The summed E-state index contributed by atoms with van der Waals surface area (Å²) < 4.78 is 30.1. The van der Waals surface area contributed by atoms with Crippen molar-refractivity contribution in [1.29, 1.82) is 0 Å². The predicted molar refractivity (Wildman–Crippen MR) is 76.3 cm³/mol. The molecule has 0 spiro atoms. The quantitative estimate of drug-likeness (QED) is 0.699. The van der Waals surface area contributed by atoms with Crippen LogP contribution in [0.2, 0.25) is 0 Å². The van der Waals surface area contributed by atoms with E-state index in [9.17, 15) is 13.2 Å². The van der Waals surface area contributed by atoms with Crippen molar-refractivity contribution in [1.82, 2.24) is 4.31 Å². The highest BCUT2D eigenvalue weighted by Crippen LogP contribution is 2.11. The Morgan fingerprint density at radius 2 is 1.95 bits per heavy atom. The molecule has 1 aromatic carbocycles. The standard InChI is InChI=1S/C13H20N2O4S/c1-19-13(16)11-20(17,18)15(9-5-8-14)10-12-6-3-2-4-7-12/h2-4,6-7H,5,8-11,14H2,1H3. The maximum absolute atomic E-state index is 12.2. The van der Waals surface area contributed by atoms with Crippen LogP contribution in [0, 0.1) is 0 Å². The number of ether oxygens (including phenoxy) is 1. The van der Waals surface area contributed by atoms with E-state index in [2.05, 4.69) is 4.74 Å². The van der Waals surface area contributed by atoms with E-state index in [0.29, 0.717) is 13.0 Å². The van der Waals surface area contributed by atoms with Gasteiger partial charge in [-0.15, -0.1) is 0 Å². The lowest BCUT2D eigenvalue weighted by atomic mass is 10.2. The highest BCUT2D eigenvalue weighted by atomic mass is 32.2. The van der Waals surface area contributed by atoms with E-state index in [1.165, 1.54) is 11.4 Å². The average molecular weight is 300 g/mol. The Balaban J connectivity index is 2.85. The first-order valence-electron chi connectivity index (χ1n) is 6.28. The van der Waals surface area contributed by atoms with Crippen LogP contribution in [0.15, 0.2) is 30.3 Å². The molecular formula is C13H20N2O4S. The fourth-order valence-electron chi connectivity index (χ4n) is 1.67. The Labute approximate surface area is 119 Å². The third-order valence-corrected chi connectivity index (χ3v) is 4.43. The molecule has 20 heavy (non-hydrogen) atoms. The van der Waals surface area contributed by atoms with Gasteiger partial charge in [0.05, 0.1) is 7.11 Å². The number of hydrogen-bond acceptors (Lipinski definition) is 5. The van der Waals surface area contributed by atoms with Crippen LogP contribution < -0.4 is 5.73 Å². The predicted octanol–water partition coefficient (Wildman–Crippen LogP) is 0.340. The summed E-state index contributed by atoms with van der Waals surface area (Å²) in [6.07, 6.45) is 0.535. The topological polar surface area (TPSA) is 89.7 Å². The minimum absolute atomic E-state index is 0.222. The maximum Gasteiger partial charge on any atom is 0.322 e. The summed E-state index contributed by atoms with van der Waals surface area (Å²) >= 11 is 0. The molecule has 1 aromatic rings. The molecule has 0 fully saturated rings. The molecule has 0 radical (unpaired) electrons. The number of rotatable bonds is 8. The maximum atomic E-state index is 12.2. The van der Waals surface area contributed by atoms with Gasteiger partial charge < -0.3 is 10.5 Å². The zero-order valence-electron chi connectivity index (χ0n) is 11.5. The first-order chi connectivity index (χ1) is 9.49. The van der Waals surface area contributed by atoms with Gasteiger partial charge in [0.1, 0.15) is 0 Å². The number of sulfonamides is 1. The molecule has 1 rings (SSSR count). The molecular weight excluding hydrogens is 280 g/mol. The summed E-state index contributed by atoms with van der Waals surface area (Å²) in [6.45, 7) is 0.893.